The van der Waals surface area contributed by atoms with E-state index >= 15 is 0 Å². The normalized spacial score (nSPS) is 14.3. The summed E-state index contributed by atoms with van der Waals surface area (Å²) in [6, 6.07) is 0. The molecular formula is C75H138O17P2. The summed E-state index contributed by atoms with van der Waals surface area (Å²) < 4.78 is 68.4. The number of allylic oxidation sites excluding steroid dienone is 8. The van der Waals surface area contributed by atoms with E-state index in [2.05, 4.69) is 83.2 Å². The highest BCUT2D eigenvalue weighted by Gasteiger charge is 2.30. The van der Waals surface area contributed by atoms with Gasteiger partial charge in [-0.3, -0.25) is 37.3 Å². The van der Waals surface area contributed by atoms with Gasteiger partial charge in [0.1, 0.15) is 19.3 Å². The number of unbranched alkanes of at least 4 members (excludes halogenated alkanes) is 37. The van der Waals surface area contributed by atoms with Crippen LogP contribution in [0.2, 0.25) is 0 Å². The third kappa shape index (κ3) is 67.6. The van der Waals surface area contributed by atoms with Crippen molar-refractivity contribution in [2.45, 2.75) is 361 Å². The van der Waals surface area contributed by atoms with Crippen molar-refractivity contribution in [2.75, 3.05) is 39.6 Å². The van der Waals surface area contributed by atoms with Crippen molar-refractivity contribution in [3.8, 4) is 0 Å². The van der Waals surface area contributed by atoms with E-state index in [0.29, 0.717) is 25.7 Å². The molecule has 0 amide bonds. The summed E-state index contributed by atoms with van der Waals surface area (Å²) in [5.74, 6) is -1.45. The second-order valence-corrected chi connectivity index (χ2v) is 29.0. The maximum Gasteiger partial charge on any atom is 0.472 e. The molecule has 0 saturated carbocycles. The van der Waals surface area contributed by atoms with Crippen LogP contribution in [0.25, 0.3) is 0 Å². The van der Waals surface area contributed by atoms with Gasteiger partial charge in [-0.05, 0) is 83.0 Å². The Balaban J connectivity index is 5.33. The zero-order valence-electron chi connectivity index (χ0n) is 60.1. The molecule has 94 heavy (non-hydrogen) atoms. The zero-order chi connectivity index (χ0) is 69.1. The van der Waals surface area contributed by atoms with Crippen LogP contribution in [0.3, 0.4) is 0 Å². The Labute approximate surface area is 572 Å². The summed E-state index contributed by atoms with van der Waals surface area (Å²) in [4.78, 5) is 72.7. The van der Waals surface area contributed by atoms with Crippen molar-refractivity contribution in [1.82, 2.24) is 0 Å². The lowest BCUT2D eigenvalue weighted by Crippen LogP contribution is -2.30. The van der Waals surface area contributed by atoms with Crippen LogP contribution in [0.15, 0.2) is 48.6 Å². The molecule has 0 spiro atoms. The Hall–Kier alpha value is -2.98. The van der Waals surface area contributed by atoms with Gasteiger partial charge in [0.15, 0.2) is 12.2 Å². The molecule has 19 heteroatoms. The minimum Gasteiger partial charge on any atom is -0.462 e. The number of hydrogen-bond acceptors (Lipinski definition) is 15. The number of carbonyl (C=O) groups excluding carboxylic acids is 4. The smallest absolute Gasteiger partial charge is 0.462 e. The van der Waals surface area contributed by atoms with Crippen molar-refractivity contribution < 1.29 is 80.2 Å². The van der Waals surface area contributed by atoms with Crippen LogP contribution in [0, 0.1) is 5.92 Å². The lowest BCUT2D eigenvalue weighted by molar-refractivity contribution is -0.161. The predicted octanol–water partition coefficient (Wildman–Crippen LogP) is 21.2. The largest absolute Gasteiger partial charge is 0.472 e. The molecule has 0 aromatic rings. The molecule has 0 aliphatic carbocycles. The first-order valence-corrected chi connectivity index (χ1v) is 40.8. The zero-order valence-corrected chi connectivity index (χ0v) is 61.9. The van der Waals surface area contributed by atoms with E-state index in [1.165, 1.54) is 135 Å². The van der Waals surface area contributed by atoms with Crippen LogP contribution in [-0.4, -0.2) is 96.7 Å². The summed E-state index contributed by atoms with van der Waals surface area (Å²) >= 11 is 0. The van der Waals surface area contributed by atoms with Gasteiger partial charge in [-0.1, -0.05) is 289 Å². The van der Waals surface area contributed by atoms with E-state index in [1.807, 2.05) is 0 Å². The lowest BCUT2D eigenvalue weighted by Gasteiger charge is -2.21. The van der Waals surface area contributed by atoms with Gasteiger partial charge < -0.3 is 33.8 Å². The van der Waals surface area contributed by atoms with Crippen molar-refractivity contribution in [3.05, 3.63) is 48.6 Å². The van der Waals surface area contributed by atoms with Gasteiger partial charge >= 0.3 is 39.5 Å². The van der Waals surface area contributed by atoms with Gasteiger partial charge in [-0.25, -0.2) is 9.13 Å². The average molecular weight is 1370 g/mol. The van der Waals surface area contributed by atoms with Crippen LogP contribution < -0.4 is 0 Å². The molecule has 5 atom stereocenters. The van der Waals surface area contributed by atoms with Gasteiger partial charge in [0, 0.05) is 25.7 Å². The second-order valence-electron chi connectivity index (χ2n) is 26.1. The Kier molecular flexibility index (Phi) is 65.1. The fraction of sp³-hybridized carbons (Fsp3) is 0.840. The van der Waals surface area contributed by atoms with Crippen molar-refractivity contribution in [3.63, 3.8) is 0 Å². The van der Waals surface area contributed by atoms with Crippen molar-refractivity contribution in [1.29, 1.82) is 0 Å². The van der Waals surface area contributed by atoms with Crippen LogP contribution in [-0.2, 0) is 65.4 Å². The number of phosphoric acid groups is 2. The first kappa shape index (κ1) is 91.0. The molecule has 0 saturated heterocycles. The molecule has 0 aliphatic heterocycles. The molecule has 2 unspecified atom stereocenters. The highest BCUT2D eigenvalue weighted by atomic mass is 31.2. The Morgan fingerprint density at radius 3 is 0.872 bits per heavy atom. The molecule has 0 bridgehead atoms. The SMILES string of the molecule is CCCCCC/C=C\C=C/CCCCCCCC(=O)OC[C@H](COP(=O)(O)OC[C@@H](O)COP(=O)(O)OC[C@@H](COC(=O)CCCCCCCCCCC(C)C)OC(=O)CCCCCCCCCCCCCCC)OC(=O)CCCCCCC/C=C\C=C/CCCCCC. The maximum absolute atomic E-state index is 13.1. The Morgan fingerprint density at radius 2 is 0.574 bits per heavy atom. The number of carbonyl (C=O) groups is 4. The minimum absolute atomic E-state index is 0.0782. The number of aliphatic hydroxyl groups excluding tert-OH is 1. The molecule has 0 aromatic carbocycles. The summed E-state index contributed by atoms with van der Waals surface area (Å²) in [6.45, 7) is 7.11. The summed E-state index contributed by atoms with van der Waals surface area (Å²) in [6.07, 6.45) is 61.2. The molecule has 0 fully saturated rings. The molecule has 550 valence electrons. The summed E-state index contributed by atoms with van der Waals surface area (Å²) in [5, 5.41) is 10.6. The molecule has 0 heterocycles. The molecule has 0 rings (SSSR count). The standard InChI is InChI=1S/C75H138O17P2/c1-6-9-12-15-18-21-24-27-29-32-34-37-43-48-53-58-72(77)85-64-70(91-75(80)61-56-51-46-39-36-33-30-28-25-22-19-16-13-10-7-2)66-89-93(81,82)87-62-69(76)63-88-94(83,84)90-67-71(65-86-73(78)59-54-49-44-41-40-42-47-52-57-68(4)5)92-74(79)60-55-50-45-38-35-31-26-23-20-17-14-11-8-3/h21-22,24-25,27-30,68-71,76H,6-20,23,26,31-67H2,1-5H3,(H,81,82)(H,83,84)/b24-21-,25-22-,29-27-,30-28-/t69-,70-,71-/m1/s1. The van der Waals surface area contributed by atoms with Crippen molar-refractivity contribution >= 4 is 39.5 Å². The summed E-state index contributed by atoms with van der Waals surface area (Å²) in [5.41, 5.74) is 0. The summed E-state index contributed by atoms with van der Waals surface area (Å²) in [7, 11) is -9.93. The minimum atomic E-state index is -4.97. The van der Waals surface area contributed by atoms with Crippen LogP contribution in [0.4, 0.5) is 0 Å². The van der Waals surface area contributed by atoms with Crippen LogP contribution in [0.1, 0.15) is 343 Å². The van der Waals surface area contributed by atoms with Crippen LogP contribution >= 0.6 is 15.6 Å². The van der Waals surface area contributed by atoms with E-state index in [9.17, 15) is 43.2 Å². The van der Waals surface area contributed by atoms with Gasteiger partial charge in [0.25, 0.3) is 0 Å². The third-order valence-electron chi connectivity index (χ3n) is 16.3. The number of ether oxygens (including phenoxy) is 4. The fourth-order valence-electron chi connectivity index (χ4n) is 10.4. The quantitative estimate of drug-likeness (QED) is 0.0169. The van der Waals surface area contributed by atoms with Crippen molar-refractivity contribution in [2.24, 2.45) is 5.92 Å². The molecule has 0 radical (unpaired) electrons. The maximum atomic E-state index is 13.1. The van der Waals surface area contributed by atoms with E-state index in [1.54, 1.807) is 0 Å². The Morgan fingerprint density at radius 1 is 0.330 bits per heavy atom. The highest BCUT2D eigenvalue weighted by molar-refractivity contribution is 7.47. The fourth-order valence-corrected chi connectivity index (χ4v) is 12.0. The van der Waals surface area contributed by atoms with Gasteiger partial charge in [0.05, 0.1) is 26.4 Å². The molecule has 3 N–H and O–H groups in total. The average Bonchev–Trinajstić information content (AvgIpc) is 1.91. The van der Waals surface area contributed by atoms with E-state index in [4.69, 9.17) is 37.0 Å². The lowest BCUT2D eigenvalue weighted by atomic mass is 10.0. The van der Waals surface area contributed by atoms with E-state index in [0.717, 1.165) is 128 Å². The Bertz CT molecular complexity index is 1990. The predicted molar refractivity (Wildman–Crippen MR) is 381 cm³/mol. The number of rotatable bonds is 71. The number of phosphoric ester groups is 2. The molecular weight excluding hydrogens is 1230 g/mol. The number of esters is 4. The van der Waals surface area contributed by atoms with Gasteiger partial charge in [-0.15, -0.1) is 0 Å². The molecule has 0 aliphatic rings. The van der Waals surface area contributed by atoms with Gasteiger partial charge in [-0.2, -0.15) is 0 Å². The monoisotopic (exact) mass is 1370 g/mol. The number of hydrogen-bond donors (Lipinski definition) is 3. The topological polar surface area (TPSA) is 237 Å². The van der Waals surface area contributed by atoms with Gasteiger partial charge in [0.2, 0.25) is 0 Å². The molecule has 0 aromatic heterocycles. The van der Waals surface area contributed by atoms with Crippen LogP contribution in [0.5, 0.6) is 0 Å². The van der Waals surface area contributed by atoms with E-state index < -0.39 is 97.5 Å². The first-order valence-electron chi connectivity index (χ1n) is 37.8. The third-order valence-corrected chi connectivity index (χ3v) is 18.2. The highest BCUT2D eigenvalue weighted by Crippen LogP contribution is 2.45. The molecule has 17 nitrogen and oxygen atoms in total. The second kappa shape index (κ2) is 67.2. The van der Waals surface area contributed by atoms with E-state index in [-0.39, 0.29) is 25.7 Å². The number of aliphatic hydroxyl groups is 1. The first-order chi connectivity index (χ1) is 45.5.